The van der Waals surface area contributed by atoms with E-state index in [0.717, 1.165) is 6.42 Å². The zero-order chi connectivity index (χ0) is 13.1. The summed E-state index contributed by atoms with van der Waals surface area (Å²) in [5.74, 6) is -0.725. The van der Waals surface area contributed by atoms with Crippen molar-refractivity contribution in [3.05, 3.63) is 29.6 Å². The highest BCUT2D eigenvalue weighted by Gasteiger charge is 2.24. The van der Waals surface area contributed by atoms with E-state index in [1.165, 1.54) is 12.1 Å². The topological polar surface area (TPSA) is 55.6 Å². The number of nitrogens with zero attached hydrogens (tertiary/aromatic N) is 1. The Labute approximate surface area is 106 Å². The van der Waals surface area contributed by atoms with Gasteiger partial charge in [-0.15, -0.1) is 0 Å². The molecule has 4 nitrogen and oxygen atoms in total. The summed E-state index contributed by atoms with van der Waals surface area (Å²) in [6.45, 7) is 3.64. The molecular weight excluding hydrogens is 235 g/mol. The summed E-state index contributed by atoms with van der Waals surface area (Å²) in [7, 11) is 0. The van der Waals surface area contributed by atoms with Gasteiger partial charge in [-0.05, 0) is 24.6 Å². The standard InChI is InChI=1S/C13H17FN2O2/c1-2-10-8-16(5-6-18-10)13(17)9-3-4-12(15)11(14)7-9/h3-4,7,10H,2,5-6,8,15H2,1H3. The van der Waals surface area contributed by atoms with Crippen LogP contribution in [-0.2, 0) is 4.74 Å². The zero-order valence-corrected chi connectivity index (χ0v) is 10.4. The van der Waals surface area contributed by atoms with Crippen molar-refractivity contribution in [2.24, 2.45) is 0 Å². The predicted octanol–water partition coefficient (Wildman–Crippen LogP) is 1.66. The molecule has 5 heteroatoms. The largest absolute Gasteiger partial charge is 0.396 e. The first-order chi connectivity index (χ1) is 8.61. The average Bonchev–Trinajstić information content (AvgIpc) is 2.41. The van der Waals surface area contributed by atoms with Crippen LogP contribution in [0.25, 0.3) is 0 Å². The Morgan fingerprint density at radius 2 is 2.39 bits per heavy atom. The second-order valence-corrected chi connectivity index (χ2v) is 4.39. The minimum Gasteiger partial charge on any atom is -0.396 e. The van der Waals surface area contributed by atoms with E-state index in [0.29, 0.717) is 25.3 Å². The van der Waals surface area contributed by atoms with Crippen molar-refractivity contribution in [2.75, 3.05) is 25.4 Å². The van der Waals surface area contributed by atoms with Crippen molar-refractivity contribution in [3.63, 3.8) is 0 Å². The summed E-state index contributed by atoms with van der Waals surface area (Å²) in [5, 5.41) is 0. The lowest BCUT2D eigenvalue weighted by atomic mass is 10.1. The van der Waals surface area contributed by atoms with Crippen molar-refractivity contribution in [3.8, 4) is 0 Å². The molecule has 1 aromatic rings. The molecule has 1 aromatic carbocycles. The van der Waals surface area contributed by atoms with Gasteiger partial charge in [-0.25, -0.2) is 4.39 Å². The van der Waals surface area contributed by atoms with Gasteiger partial charge in [0.05, 0.1) is 18.4 Å². The van der Waals surface area contributed by atoms with Crippen molar-refractivity contribution >= 4 is 11.6 Å². The third kappa shape index (κ3) is 2.61. The number of amides is 1. The van der Waals surface area contributed by atoms with Gasteiger partial charge in [0.2, 0.25) is 0 Å². The summed E-state index contributed by atoms with van der Waals surface area (Å²) < 4.78 is 18.8. The van der Waals surface area contributed by atoms with E-state index in [9.17, 15) is 9.18 Å². The summed E-state index contributed by atoms with van der Waals surface area (Å²) in [4.78, 5) is 13.9. The highest BCUT2D eigenvalue weighted by Crippen LogP contribution is 2.16. The Morgan fingerprint density at radius 1 is 1.61 bits per heavy atom. The van der Waals surface area contributed by atoms with Crippen molar-refractivity contribution < 1.29 is 13.9 Å². The van der Waals surface area contributed by atoms with Crippen LogP contribution in [0.4, 0.5) is 10.1 Å². The maximum atomic E-state index is 13.3. The number of hydrogen-bond acceptors (Lipinski definition) is 3. The van der Waals surface area contributed by atoms with E-state index < -0.39 is 5.82 Å². The summed E-state index contributed by atoms with van der Waals surface area (Å²) in [6, 6.07) is 4.16. The third-order valence-corrected chi connectivity index (χ3v) is 3.13. The highest BCUT2D eigenvalue weighted by atomic mass is 19.1. The first-order valence-electron chi connectivity index (χ1n) is 6.07. The molecule has 0 bridgehead atoms. The van der Waals surface area contributed by atoms with Crippen LogP contribution in [-0.4, -0.2) is 36.6 Å². The van der Waals surface area contributed by atoms with Crippen LogP contribution in [0.5, 0.6) is 0 Å². The smallest absolute Gasteiger partial charge is 0.254 e. The molecule has 1 fully saturated rings. The summed E-state index contributed by atoms with van der Waals surface area (Å²) >= 11 is 0. The van der Waals surface area contributed by atoms with Crippen LogP contribution in [0.15, 0.2) is 18.2 Å². The second-order valence-electron chi connectivity index (χ2n) is 4.39. The number of carbonyl (C=O) groups is 1. The number of hydrogen-bond donors (Lipinski definition) is 1. The van der Waals surface area contributed by atoms with Gasteiger partial charge < -0.3 is 15.4 Å². The Bertz CT molecular complexity index is 451. The minimum absolute atomic E-state index is 0.0555. The number of halogens is 1. The molecule has 0 aliphatic carbocycles. The van der Waals surface area contributed by atoms with Gasteiger partial charge in [0.1, 0.15) is 5.82 Å². The highest BCUT2D eigenvalue weighted by molar-refractivity contribution is 5.94. The molecule has 0 radical (unpaired) electrons. The second kappa shape index (κ2) is 5.35. The zero-order valence-electron chi connectivity index (χ0n) is 10.4. The fraction of sp³-hybridized carbons (Fsp3) is 0.462. The van der Waals surface area contributed by atoms with Crippen LogP contribution in [0.2, 0.25) is 0 Å². The first kappa shape index (κ1) is 12.8. The average molecular weight is 252 g/mol. The molecule has 2 N–H and O–H groups in total. The van der Waals surface area contributed by atoms with Crippen molar-refractivity contribution in [1.82, 2.24) is 4.90 Å². The van der Waals surface area contributed by atoms with Crippen LogP contribution < -0.4 is 5.73 Å². The molecule has 1 amide bonds. The Kier molecular flexibility index (Phi) is 3.81. The van der Waals surface area contributed by atoms with Gasteiger partial charge in [-0.1, -0.05) is 6.92 Å². The lowest BCUT2D eigenvalue weighted by Gasteiger charge is -2.32. The molecule has 1 heterocycles. The van der Waals surface area contributed by atoms with Gasteiger partial charge in [0.25, 0.3) is 5.91 Å². The molecule has 1 atom stereocenters. The van der Waals surface area contributed by atoms with Crippen LogP contribution in [0, 0.1) is 5.82 Å². The van der Waals surface area contributed by atoms with E-state index >= 15 is 0 Å². The molecule has 1 unspecified atom stereocenters. The Balaban J connectivity index is 2.12. The van der Waals surface area contributed by atoms with Gasteiger partial charge in [0, 0.05) is 18.7 Å². The van der Waals surface area contributed by atoms with Crippen LogP contribution in [0.1, 0.15) is 23.7 Å². The predicted molar refractivity (Wildman–Crippen MR) is 66.7 cm³/mol. The van der Waals surface area contributed by atoms with Crippen molar-refractivity contribution in [1.29, 1.82) is 0 Å². The van der Waals surface area contributed by atoms with Crippen LogP contribution >= 0.6 is 0 Å². The fourth-order valence-electron chi connectivity index (χ4n) is 1.99. The lowest BCUT2D eigenvalue weighted by molar-refractivity contribution is -0.0226. The molecule has 1 aliphatic rings. The van der Waals surface area contributed by atoms with Gasteiger partial charge >= 0.3 is 0 Å². The van der Waals surface area contributed by atoms with Gasteiger partial charge in [0.15, 0.2) is 0 Å². The van der Waals surface area contributed by atoms with E-state index in [1.807, 2.05) is 6.92 Å². The molecule has 18 heavy (non-hydrogen) atoms. The number of anilines is 1. The fourth-order valence-corrected chi connectivity index (χ4v) is 1.99. The van der Waals surface area contributed by atoms with Gasteiger partial charge in [-0.3, -0.25) is 4.79 Å². The number of benzene rings is 1. The monoisotopic (exact) mass is 252 g/mol. The maximum absolute atomic E-state index is 13.3. The molecular formula is C13H17FN2O2. The number of carbonyl (C=O) groups excluding carboxylic acids is 1. The number of nitrogen functional groups attached to an aromatic ring is 1. The molecule has 0 spiro atoms. The lowest BCUT2D eigenvalue weighted by Crippen LogP contribution is -2.45. The summed E-state index contributed by atoms with van der Waals surface area (Å²) in [5.41, 5.74) is 5.78. The minimum atomic E-state index is -0.554. The maximum Gasteiger partial charge on any atom is 0.254 e. The number of ether oxygens (including phenoxy) is 1. The Hall–Kier alpha value is -1.62. The molecule has 1 saturated heterocycles. The van der Waals surface area contributed by atoms with E-state index in [1.54, 1.807) is 11.0 Å². The third-order valence-electron chi connectivity index (χ3n) is 3.13. The molecule has 98 valence electrons. The van der Waals surface area contributed by atoms with E-state index in [2.05, 4.69) is 0 Å². The number of morpholine rings is 1. The van der Waals surface area contributed by atoms with E-state index in [-0.39, 0.29) is 17.7 Å². The molecule has 0 saturated carbocycles. The quantitative estimate of drug-likeness (QED) is 0.814. The van der Waals surface area contributed by atoms with E-state index in [4.69, 9.17) is 10.5 Å². The molecule has 0 aromatic heterocycles. The number of nitrogens with two attached hydrogens (primary N) is 1. The Morgan fingerprint density at radius 3 is 3.06 bits per heavy atom. The van der Waals surface area contributed by atoms with Crippen molar-refractivity contribution in [2.45, 2.75) is 19.4 Å². The normalized spacial score (nSPS) is 19.9. The molecule has 1 aliphatic heterocycles. The van der Waals surface area contributed by atoms with Gasteiger partial charge in [-0.2, -0.15) is 0 Å². The summed E-state index contributed by atoms with van der Waals surface area (Å²) in [6.07, 6.45) is 0.932. The SMILES string of the molecule is CCC1CN(C(=O)c2ccc(N)c(F)c2)CCO1. The number of rotatable bonds is 2. The molecule has 2 rings (SSSR count). The first-order valence-corrected chi connectivity index (χ1v) is 6.07. The van der Waals surface area contributed by atoms with Crippen LogP contribution in [0.3, 0.4) is 0 Å².